The van der Waals surface area contributed by atoms with Crippen LogP contribution in [0.1, 0.15) is 70.2 Å². The molecule has 0 spiro atoms. The van der Waals surface area contributed by atoms with Crippen LogP contribution in [0.15, 0.2) is 4.79 Å². The Bertz CT molecular complexity index is 609. The van der Waals surface area contributed by atoms with E-state index in [0.29, 0.717) is 11.5 Å². The molecular formula is C17H26N2O. The molecule has 20 heavy (non-hydrogen) atoms. The number of nitrogens with one attached hydrogen (secondary N) is 1. The van der Waals surface area contributed by atoms with Crippen molar-refractivity contribution in [3.8, 4) is 0 Å². The number of nitrogens with zero attached hydrogens (tertiary/aromatic N) is 1. The van der Waals surface area contributed by atoms with E-state index in [4.69, 9.17) is 0 Å². The fourth-order valence-corrected chi connectivity index (χ4v) is 5.38. The van der Waals surface area contributed by atoms with Crippen molar-refractivity contribution in [1.29, 1.82) is 0 Å². The van der Waals surface area contributed by atoms with Crippen molar-refractivity contribution in [1.82, 2.24) is 9.78 Å². The predicted octanol–water partition coefficient (Wildman–Crippen LogP) is 3.44. The van der Waals surface area contributed by atoms with Crippen LogP contribution in [0.5, 0.6) is 0 Å². The van der Waals surface area contributed by atoms with E-state index in [-0.39, 0.29) is 11.0 Å². The predicted molar refractivity (Wildman–Crippen MR) is 80.0 cm³/mol. The Kier molecular flexibility index (Phi) is 2.42. The quantitative estimate of drug-likeness (QED) is 0.837. The van der Waals surface area contributed by atoms with Gasteiger partial charge in [-0.25, -0.2) is 4.68 Å². The Morgan fingerprint density at radius 3 is 2.55 bits per heavy atom. The van der Waals surface area contributed by atoms with Crippen LogP contribution in [0, 0.1) is 16.7 Å². The molecule has 0 saturated heterocycles. The lowest BCUT2D eigenvalue weighted by Gasteiger charge is -2.39. The minimum absolute atomic E-state index is 0.273. The molecule has 0 aliphatic heterocycles. The Hall–Kier alpha value is -0.990. The van der Waals surface area contributed by atoms with E-state index in [1.807, 2.05) is 4.68 Å². The van der Waals surface area contributed by atoms with Crippen molar-refractivity contribution in [2.24, 2.45) is 16.7 Å². The summed E-state index contributed by atoms with van der Waals surface area (Å²) in [6.45, 7) is 7.24. The maximum atomic E-state index is 12.8. The normalized spacial score (nSPS) is 38.1. The average Bonchev–Trinajstić information content (AvgIpc) is 2.94. The molecule has 0 aromatic carbocycles. The van der Waals surface area contributed by atoms with Crippen molar-refractivity contribution in [3.63, 3.8) is 0 Å². The van der Waals surface area contributed by atoms with Gasteiger partial charge in [0.1, 0.15) is 0 Å². The summed E-state index contributed by atoms with van der Waals surface area (Å²) >= 11 is 0. The number of aromatic nitrogens is 2. The molecule has 3 aliphatic carbocycles. The smallest absolute Gasteiger partial charge is 0.270 e. The van der Waals surface area contributed by atoms with Crippen LogP contribution in [0.4, 0.5) is 0 Å². The monoisotopic (exact) mass is 274 g/mol. The van der Waals surface area contributed by atoms with Gasteiger partial charge in [0.2, 0.25) is 0 Å². The van der Waals surface area contributed by atoms with Gasteiger partial charge in [-0.3, -0.25) is 9.89 Å². The SMILES string of the molecule is CC1(C)C2CCC1(C)C(n1[nH]c3c(c1=O)CCCC3)C2. The highest BCUT2D eigenvalue weighted by Gasteiger charge is 2.62. The second kappa shape index (κ2) is 3.80. The number of H-pyrrole nitrogens is 1. The third-order valence-corrected chi connectivity index (χ3v) is 7.26. The largest absolute Gasteiger partial charge is 0.299 e. The summed E-state index contributed by atoms with van der Waals surface area (Å²) in [5.41, 5.74) is 3.23. The third kappa shape index (κ3) is 1.34. The van der Waals surface area contributed by atoms with Crippen molar-refractivity contribution in [2.45, 2.75) is 71.8 Å². The number of hydrogen-bond acceptors (Lipinski definition) is 1. The first kappa shape index (κ1) is 12.7. The van der Waals surface area contributed by atoms with Gasteiger partial charge in [0.25, 0.3) is 5.56 Å². The van der Waals surface area contributed by atoms with Crippen molar-refractivity contribution < 1.29 is 0 Å². The first-order valence-corrected chi connectivity index (χ1v) is 8.27. The summed E-state index contributed by atoms with van der Waals surface area (Å²) in [5, 5.41) is 3.50. The molecule has 3 unspecified atom stereocenters. The minimum Gasteiger partial charge on any atom is -0.299 e. The molecule has 1 N–H and O–H groups in total. The molecule has 3 atom stereocenters. The van der Waals surface area contributed by atoms with Gasteiger partial charge < -0.3 is 0 Å². The highest BCUT2D eigenvalue weighted by atomic mass is 16.1. The van der Waals surface area contributed by atoms with Crippen LogP contribution in [0.2, 0.25) is 0 Å². The first-order chi connectivity index (χ1) is 9.45. The molecular weight excluding hydrogens is 248 g/mol. The Morgan fingerprint density at radius 1 is 1.20 bits per heavy atom. The fourth-order valence-electron chi connectivity index (χ4n) is 5.38. The van der Waals surface area contributed by atoms with E-state index in [2.05, 4.69) is 25.9 Å². The van der Waals surface area contributed by atoms with Gasteiger partial charge in [-0.15, -0.1) is 0 Å². The zero-order chi connectivity index (χ0) is 14.1. The Labute approximate surface area is 120 Å². The van der Waals surface area contributed by atoms with Gasteiger partial charge in [0.15, 0.2) is 0 Å². The fraction of sp³-hybridized carbons (Fsp3) is 0.824. The van der Waals surface area contributed by atoms with Gasteiger partial charge in [0.05, 0.1) is 6.04 Å². The lowest BCUT2D eigenvalue weighted by Crippen LogP contribution is -2.37. The van der Waals surface area contributed by atoms with Crippen molar-refractivity contribution in [2.75, 3.05) is 0 Å². The molecule has 1 heterocycles. The van der Waals surface area contributed by atoms with E-state index in [1.54, 1.807) is 0 Å². The molecule has 0 amide bonds. The maximum absolute atomic E-state index is 12.8. The molecule has 2 fully saturated rings. The topological polar surface area (TPSA) is 37.8 Å². The summed E-state index contributed by atoms with van der Waals surface area (Å²) in [6.07, 6.45) is 8.24. The van der Waals surface area contributed by atoms with Gasteiger partial charge >= 0.3 is 0 Å². The lowest BCUT2D eigenvalue weighted by atomic mass is 9.69. The van der Waals surface area contributed by atoms with Crippen LogP contribution in [0.25, 0.3) is 0 Å². The van der Waals surface area contributed by atoms with Gasteiger partial charge in [-0.1, -0.05) is 20.8 Å². The molecule has 2 bridgehead atoms. The lowest BCUT2D eigenvalue weighted by molar-refractivity contribution is 0.0990. The van der Waals surface area contributed by atoms with Gasteiger partial charge in [-0.2, -0.15) is 0 Å². The molecule has 3 aliphatic rings. The number of aromatic amines is 1. The van der Waals surface area contributed by atoms with Gasteiger partial charge in [-0.05, 0) is 61.7 Å². The summed E-state index contributed by atoms with van der Waals surface area (Å²) < 4.78 is 2.02. The highest BCUT2D eigenvalue weighted by Crippen LogP contribution is 2.69. The summed E-state index contributed by atoms with van der Waals surface area (Å²) in [6, 6.07) is 0.384. The van der Waals surface area contributed by atoms with E-state index in [0.717, 1.165) is 24.3 Å². The summed E-state index contributed by atoms with van der Waals surface area (Å²) in [5.74, 6) is 0.782. The molecule has 4 rings (SSSR count). The number of aryl methyl sites for hydroxylation is 1. The van der Waals surface area contributed by atoms with Crippen LogP contribution in [0.3, 0.4) is 0 Å². The number of rotatable bonds is 1. The molecule has 3 heteroatoms. The molecule has 2 saturated carbocycles. The van der Waals surface area contributed by atoms with Crippen LogP contribution in [-0.4, -0.2) is 9.78 Å². The summed E-state index contributed by atoms with van der Waals surface area (Å²) in [4.78, 5) is 12.8. The second-order valence-electron chi connectivity index (χ2n) is 8.08. The zero-order valence-electron chi connectivity index (χ0n) is 13.0. The van der Waals surface area contributed by atoms with Crippen LogP contribution in [-0.2, 0) is 12.8 Å². The first-order valence-electron chi connectivity index (χ1n) is 8.27. The third-order valence-electron chi connectivity index (χ3n) is 7.26. The van der Waals surface area contributed by atoms with Crippen molar-refractivity contribution >= 4 is 0 Å². The molecule has 3 nitrogen and oxygen atoms in total. The van der Waals surface area contributed by atoms with E-state index in [9.17, 15) is 4.79 Å². The van der Waals surface area contributed by atoms with E-state index >= 15 is 0 Å². The van der Waals surface area contributed by atoms with Crippen LogP contribution >= 0.6 is 0 Å². The molecule has 0 radical (unpaired) electrons. The van der Waals surface area contributed by atoms with Crippen molar-refractivity contribution in [3.05, 3.63) is 21.6 Å². The molecule has 110 valence electrons. The summed E-state index contributed by atoms with van der Waals surface area (Å²) in [7, 11) is 0. The minimum atomic E-state index is 0.273. The Balaban J connectivity index is 1.80. The standard InChI is InChI=1S/C17H26N2O/c1-16(2)11-8-9-17(16,3)14(10-11)19-15(20)12-6-4-5-7-13(12)18-19/h11,14,18H,4-10H2,1-3H3. The van der Waals surface area contributed by atoms with Gasteiger partial charge in [0, 0.05) is 11.3 Å². The maximum Gasteiger partial charge on any atom is 0.270 e. The van der Waals surface area contributed by atoms with Crippen LogP contribution < -0.4 is 5.56 Å². The number of hydrogen-bond donors (Lipinski definition) is 1. The van der Waals surface area contributed by atoms with E-state index < -0.39 is 0 Å². The Morgan fingerprint density at radius 2 is 1.95 bits per heavy atom. The molecule has 1 aromatic rings. The zero-order valence-corrected chi connectivity index (χ0v) is 13.0. The highest BCUT2D eigenvalue weighted by molar-refractivity contribution is 5.22. The molecule has 1 aromatic heterocycles. The number of fused-ring (bicyclic) bond motifs is 3. The van der Waals surface area contributed by atoms with E-state index in [1.165, 1.54) is 37.8 Å². The average molecular weight is 274 g/mol. The second-order valence-corrected chi connectivity index (χ2v) is 8.08.